The minimum absolute atomic E-state index is 0.218. The van der Waals surface area contributed by atoms with Crippen LogP contribution >= 0.6 is 0 Å². The van der Waals surface area contributed by atoms with Gasteiger partial charge in [0.25, 0.3) is 0 Å². The molecule has 1 aromatic rings. The first-order chi connectivity index (χ1) is 18.0. The van der Waals surface area contributed by atoms with Crippen LogP contribution in [0.25, 0.3) is 0 Å². The number of carbonyl (C=O) groups is 1. The third-order valence-corrected chi connectivity index (χ3v) is 7.36. The molecule has 1 unspecified atom stereocenters. The fraction of sp³-hybridized carbons (Fsp3) is 0.364. The molecule has 1 atom stereocenters. The summed E-state index contributed by atoms with van der Waals surface area (Å²) >= 11 is 0. The van der Waals surface area contributed by atoms with Gasteiger partial charge in [-0.1, -0.05) is 93.6 Å². The van der Waals surface area contributed by atoms with Gasteiger partial charge in [-0.15, -0.1) is 0 Å². The monoisotopic (exact) mass is 497 g/mol. The van der Waals surface area contributed by atoms with E-state index in [1.54, 1.807) is 0 Å². The van der Waals surface area contributed by atoms with Gasteiger partial charge in [-0.05, 0) is 72.3 Å². The van der Waals surface area contributed by atoms with E-state index in [9.17, 15) is 4.79 Å². The van der Waals surface area contributed by atoms with Gasteiger partial charge in [0.2, 0.25) is 0 Å². The van der Waals surface area contributed by atoms with E-state index in [1.807, 2.05) is 30.3 Å². The fourth-order valence-electron chi connectivity index (χ4n) is 5.13. The van der Waals surface area contributed by atoms with Crippen LogP contribution in [0.4, 0.5) is 4.79 Å². The zero-order valence-corrected chi connectivity index (χ0v) is 22.6. The van der Waals surface area contributed by atoms with Crippen LogP contribution in [-0.2, 0) is 16.1 Å². The van der Waals surface area contributed by atoms with Gasteiger partial charge in [0, 0.05) is 5.57 Å². The number of allylic oxidation sites excluding steroid dienone is 10. The summed E-state index contributed by atoms with van der Waals surface area (Å²) in [5.74, 6) is 1.82. The first kappa shape index (κ1) is 26.5. The number of hydrogen-bond donors (Lipinski definition) is 1. The van der Waals surface area contributed by atoms with Crippen molar-refractivity contribution >= 4 is 6.09 Å². The predicted molar refractivity (Wildman–Crippen MR) is 150 cm³/mol. The maximum Gasteiger partial charge on any atom is 0.412 e. The lowest BCUT2D eigenvalue weighted by molar-refractivity contribution is 0.141. The number of nitrogens with one attached hydrogen (secondary N) is 1. The highest BCUT2D eigenvalue weighted by molar-refractivity contribution is 5.72. The Hall–Kier alpha value is -3.53. The summed E-state index contributed by atoms with van der Waals surface area (Å²) in [5.41, 5.74) is 7.51. The first-order valence-corrected chi connectivity index (χ1v) is 13.5. The highest BCUT2D eigenvalue weighted by Crippen LogP contribution is 2.36. The van der Waals surface area contributed by atoms with Crippen molar-refractivity contribution in [1.29, 1.82) is 0 Å². The Labute approximate surface area is 221 Å². The van der Waals surface area contributed by atoms with E-state index in [-0.39, 0.29) is 6.61 Å². The maximum absolute atomic E-state index is 12.8. The van der Waals surface area contributed by atoms with Gasteiger partial charge in [-0.2, -0.15) is 0 Å². The smallest absolute Gasteiger partial charge is 0.412 e. The van der Waals surface area contributed by atoms with Crippen LogP contribution in [0.1, 0.15) is 58.9 Å². The summed E-state index contributed by atoms with van der Waals surface area (Å²) in [6.45, 7) is 9.53. The van der Waals surface area contributed by atoms with Crippen molar-refractivity contribution in [2.45, 2.75) is 60.0 Å². The second-order valence-electron chi connectivity index (χ2n) is 10.1. The largest absolute Gasteiger partial charge is 0.486 e. The summed E-state index contributed by atoms with van der Waals surface area (Å²) in [6, 6.07) is 9.70. The predicted octanol–water partition coefficient (Wildman–Crippen LogP) is 8.24. The number of alkyl carbamates (subject to hydrolysis) is 1. The van der Waals surface area contributed by atoms with E-state index in [2.05, 4.69) is 75.5 Å². The van der Waals surface area contributed by atoms with Gasteiger partial charge in [0.05, 0.1) is 5.70 Å². The van der Waals surface area contributed by atoms with Crippen molar-refractivity contribution in [2.75, 3.05) is 6.61 Å². The zero-order valence-electron chi connectivity index (χ0n) is 22.6. The topological polar surface area (TPSA) is 47.6 Å². The lowest BCUT2D eigenvalue weighted by atomic mass is 9.81. The number of carbonyl (C=O) groups excluding carboxylic acids is 1. The molecule has 0 fully saturated rings. The van der Waals surface area contributed by atoms with E-state index in [0.29, 0.717) is 29.9 Å². The minimum atomic E-state index is -0.483. The van der Waals surface area contributed by atoms with Crippen molar-refractivity contribution in [3.8, 4) is 0 Å². The zero-order chi connectivity index (χ0) is 26.2. The van der Waals surface area contributed by atoms with E-state index in [1.165, 1.54) is 23.1 Å². The molecule has 0 saturated carbocycles. The molecular weight excluding hydrogens is 458 g/mol. The van der Waals surface area contributed by atoms with Crippen molar-refractivity contribution in [3.63, 3.8) is 0 Å². The van der Waals surface area contributed by atoms with Gasteiger partial charge >= 0.3 is 6.09 Å². The number of benzene rings is 1. The summed E-state index contributed by atoms with van der Waals surface area (Å²) in [4.78, 5) is 12.8. The third-order valence-electron chi connectivity index (χ3n) is 7.36. The second kappa shape index (κ2) is 12.6. The van der Waals surface area contributed by atoms with Crippen LogP contribution < -0.4 is 5.32 Å². The summed E-state index contributed by atoms with van der Waals surface area (Å²) in [5, 5.41) is 3.00. The van der Waals surface area contributed by atoms with Gasteiger partial charge in [-0.3, -0.25) is 5.32 Å². The fourth-order valence-corrected chi connectivity index (χ4v) is 5.13. The molecule has 4 rings (SSSR count). The molecule has 4 nitrogen and oxygen atoms in total. The number of rotatable bonds is 7. The van der Waals surface area contributed by atoms with Crippen LogP contribution in [0.15, 0.2) is 112 Å². The summed E-state index contributed by atoms with van der Waals surface area (Å²) in [6.07, 6.45) is 19.0. The molecule has 0 radical (unpaired) electrons. The molecule has 37 heavy (non-hydrogen) atoms. The molecule has 2 aliphatic carbocycles. The molecule has 0 aromatic heterocycles. The third kappa shape index (κ3) is 6.62. The van der Waals surface area contributed by atoms with E-state index < -0.39 is 6.09 Å². The highest BCUT2D eigenvalue weighted by Gasteiger charge is 2.25. The van der Waals surface area contributed by atoms with Crippen molar-refractivity contribution in [3.05, 3.63) is 118 Å². The van der Waals surface area contributed by atoms with Crippen molar-refractivity contribution < 1.29 is 14.3 Å². The van der Waals surface area contributed by atoms with Gasteiger partial charge < -0.3 is 9.47 Å². The molecule has 0 spiro atoms. The number of amides is 1. The second-order valence-corrected chi connectivity index (χ2v) is 10.1. The molecule has 194 valence electrons. The SMILES string of the molecule is CCC1=C(C)C(NC(=O)OCc2ccccc2)=C(C2=CCC=C(C3=CC=CCCC3C(C)C)C=C2)OC1. The molecule has 3 aliphatic rings. The Morgan fingerprint density at radius 1 is 1.14 bits per heavy atom. The first-order valence-electron chi connectivity index (χ1n) is 13.5. The van der Waals surface area contributed by atoms with Crippen LogP contribution in [0.5, 0.6) is 0 Å². The average molecular weight is 498 g/mol. The van der Waals surface area contributed by atoms with Crippen molar-refractivity contribution in [2.24, 2.45) is 11.8 Å². The quantitative estimate of drug-likeness (QED) is 0.413. The Balaban J connectivity index is 1.57. The Bertz CT molecular complexity index is 1210. The average Bonchev–Trinajstić information content (AvgIpc) is 3.30. The molecule has 4 heteroatoms. The highest BCUT2D eigenvalue weighted by atomic mass is 16.5. The normalized spacial score (nSPS) is 20.0. The summed E-state index contributed by atoms with van der Waals surface area (Å²) in [7, 11) is 0. The van der Waals surface area contributed by atoms with Crippen LogP contribution in [0, 0.1) is 11.8 Å². The standard InChI is InChI=1S/C33H39NO3/c1-5-26-22-36-32(31(24(26)4)34-33(35)37-21-25-13-8-6-9-14-25)28-16-12-15-27(19-20-28)30-18-11-7-10-17-29(30)23(2)3/h6-9,11,13-16,18-20,23,29H,5,10,12,17,21-22H2,1-4H3,(H,34,35). The molecule has 1 heterocycles. The van der Waals surface area contributed by atoms with E-state index in [4.69, 9.17) is 9.47 Å². The maximum atomic E-state index is 12.8. The van der Waals surface area contributed by atoms with Crippen molar-refractivity contribution in [1.82, 2.24) is 5.32 Å². The molecule has 1 aliphatic heterocycles. The number of hydrogen-bond acceptors (Lipinski definition) is 3. The Morgan fingerprint density at radius 2 is 1.89 bits per heavy atom. The van der Waals surface area contributed by atoms with E-state index >= 15 is 0 Å². The minimum Gasteiger partial charge on any atom is -0.486 e. The van der Waals surface area contributed by atoms with Gasteiger partial charge in [-0.25, -0.2) is 4.79 Å². The number of ether oxygens (including phenoxy) is 2. The molecule has 1 aromatic carbocycles. The lowest BCUT2D eigenvalue weighted by Crippen LogP contribution is -2.29. The molecule has 0 saturated heterocycles. The molecule has 1 amide bonds. The Kier molecular flexibility index (Phi) is 9.05. The van der Waals surface area contributed by atoms with Crippen LogP contribution in [0.3, 0.4) is 0 Å². The Morgan fingerprint density at radius 3 is 2.65 bits per heavy atom. The van der Waals surface area contributed by atoms with Crippen LogP contribution in [0.2, 0.25) is 0 Å². The lowest BCUT2D eigenvalue weighted by Gasteiger charge is -2.26. The van der Waals surface area contributed by atoms with Gasteiger partial charge in [0.15, 0.2) is 5.76 Å². The molecule has 1 N–H and O–H groups in total. The van der Waals surface area contributed by atoms with Gasteiger partial charge in [0.1, 0.15) is 13.2 Å². The van der Waals surface area contributed by atoms with E-state index in [0.717, 1.165) is 36.0 Å². The molecule has 0 bridgehead atoms. The van der Waals surface area contributed by atoms with Crippen LogP contribution in [-0.4, -0.2) is 12.7 Å². The molecular formula is C33H39NO3. The summed E-state index contributed by atoms with van der Waals surface area (Å²) < 4.78 is 11.8.